The van der Waals surface area contributed by atoms with E-state index in [2.05, 4.69) is 27.9 Å². The number of hydrogen-bond acceptors (Lipinski definition) is 5. The number of nitrogens with one attached hydrogen (secondary N) is 3. The van der Waals surface area contributed by atoms with Gasteiger partial charge >= 0.3 is 0 Å². The van der Waals surface area contributed by atoms with Crippen LogP contribution in [0, 0.1) is 11.7 Å². The SMILES string of the molecule is COC[C@H](C)NC1CCC(Nc2cc(-c3cc(NCC4CC4)ccc3F)c(Cl)cn2)CC1. The molecule has 0 aliphatic heterocycles. The van der Waals surface area contributed by atoms with E-state index in [0.29, 0.717) is 34.3 Å². The van der Waals surface area contributed by atoms with Gasteiger partial charge in [-0.1, -0.05) is 11.6 Å². The molecule has 0 unspecified atom stereocenters. The molecule has 5 nitrogen and oxygen atoms in total. The van der Waals surface area contributed by atoms with Gasteiger partial charge in [-0.15, -0.1) is 0 Å². The number of ether oxygens (including phenoxy) is 1. The molecule has 2 aliphatic carbocycles. The largest absolute Gasteiger partial charge is 0.385 e. The van der Waals surface area contributed by atoms with Gasteiger partial charge in [0.15, 0.2) is 0 Å². The highest BCUT2D eigenvalue weighted by molar-refractivity contribution is 6.33. The second kappa shape index (κ2) is 10.8. The number of anilines is 2. The number of rotatable bonds is 10. The van der Waals surface area contributed by atoms with Gasteiger partial charge in [0.2, 0.25) is 0 Å². The van der Waals surface area contributed by atoms with Crippen molar-refractivity contribution in [2.24, 2.45) is 5.92 Å². The van der Waals surface area contributed by atoms with Gasteiger partial charge in [-0.2, -0.15) is 0 Å². The first-order valence-corrected chi connectivity index (χ1v) is 12.1. The summed E-state index contributed by atoms with van der Waals surface area (Å²) in [7, 11) is 1.74. The summed E-state index contributed by atoms with van der Waals surface area (Å²) in [5, 5.41) is 11.0. The van der Waals surface area contributed by atoms with Crippen molar-refractivity contribution in [1.29, 1.82) is 0 Å². The number of nitrogens with zero attached hydrogens (tertiary/aromatic N) is 1. The molecule has 4 rings (SSSR count). The highest BCUT2D eigenvalue weighted by Crippen LogP contribution is 2.34. The second-order valence-electron chi connectivity index (χ2n) is 9.28. The van der Waals surface area contributed by atoms with Crippen molar-refractivity contribution in [1.82, 2.24) is 10.3 Å². The number of hydrogen-bond donors (Lipinski definition) is 3. The predicted molar refractivity (Wildman–Crippen MR) is 130 cm³/mol. The first-order valence-electron chi connectivity index (χ1n) is 11.7. The van der Waals surface area contributed by atoms with Crippen LogP contribution in [0.5, 0.6) is 0 Å². The van der Waals surface area contributed by atoms with E-state index < -0.39 is 0 Å². The van der Waals surface area contributed by atoms with Gasteiger partial charge in [-0.25, -0.2) is 9.37 Å². The predicted octanol–water partition coefficient (Wildman–Crippen LogP) is 5.71. The Kier molecular flexibility index (Phi) is 7.87. The molecule has 1 aromatic heterocycles. The van der Waals surface area contributed by atoms with E-state index in [-0.39, 0.29) is 5.82 Å². The molecule has 1 atom stereocenters. The van der Waals surface area contributed by atoms with Crippen LogP contribution in [0.4, 0.5) is 15.9 Å². The quantitative estimate of drug-likeness (QED) is 0.424. The van der Waals surface area contributed by atoms with Crippen LogP contribution in [-0.4, -0.2) is 43.4 Å². The van der Waals surface area contributed by atoms with Crippen LogP contribution in [0.25, 0.3) is 11.1 Å². The Morgan fingerprint density at radius 1 is 1.09 bits per heavy atom. The van der Waals surface area contributed by atoms with Crippen LogP contribution in [0.2, 0.25) is 5.02 Å². The molecule has 1 heterocycles. The van der Waals surface area contributed by atoms with Gasteiger partial charge < -0.3 is 20.7 Å². The van der Waals surface area contributed by atoms with E-state index in [4.69, 9.17) is 16.3 Å². The summed E-state index contributed by atoms with van der Waals surface area (Å²) in [6.45, 7) is 3.82. The van der Waals surface area contributed by atoms with Gasteiger partial charge in [0, 0.05) is 54.8 Å². The molecule has 0 saturated heterocycles. The topological polar surface area (TPSA) is 58.2 Å². The van der Waals surface area contributed by atoms with Crippen molar-refractivity contribution in [2.75, 3.05) is 30.9 Å². The maximum absolute atomic E-state index is 14.7. The summed E-state index contributed by atoms with van der Waals surface area (Å²) in [5.41, 5.74) is 2.09. The number of halogens is 2. The lowest BCUT2D eigenvalue weighted by molar-refractivity contribution is 0.161. The van der Waals surface area contributed by atoms with E-state index >= 15 is 0 Å². The lowest BCUT2D eigenvalue weighted by atomic mass is 9.90. The van der Waals surface area contributed by atoms with Crippen molar-refractivity contribution < 1.29 is 9.13 Å². The summed E-state index contributed by atoms with van der Waals surface area (Å²) in [6.07, 6.45) is 8.50. The van der Waals surface area contributed by atoms with Crippen LogP contribution in [0.3, 0.4) is 0 Å². The van der Waals surface area contributed by atoms with Crippen LogP contribution in [-0.2, 0) is 4.74 Å². The molecule has 32 heavy (non-hydrogen) atoms. The second-order valence-corrected chi connectivity index (χ2v) is 9.69. The monoisotopic (exact) mass is 460 g/mol. The Balaban J connectivity index is 1.39. The van der Waals surface area contributed by atoms with E-state index in [0.717, 1.165) is 56.3 Å². The minimum absolute atomic E-state index is 0.280. The van der Waals surface area contributed by atoms with Gasteiger partial charge in [-0.3, -0.25) is 0 Å². The average molecular weight is 461 g/mol. The third-order valence-corrected chi connectivity index (χ3v) is 6.72. The first kappa shape index (κ1) is 23.3. The summed E-state index contributed by atoms with van der Waals surface area (Å²) in [4.78, 5) is 4.46. The molecule has 2 aliphatic rings. The van der Waals surface area contributed by atoms with Gasteiger partial charge in [-0.05, 0) is 75.6 Å². The molecular formula is C25H34ClFN4O. The molecule has 3 N–H and O–H groups in total. The zero-order chi connectivity index (χ0) is 22.5. The van der Waals surface area contributed by atoms with Crippen molar-refractivity contribution >= 4 is 23.1 Å². The van der Waals surface area contributed by atoms with Crippen molar-refractivity contribution in [3.8, 4) is 11.1 Å². The molecule has 174 valence electrons. The van der Waals surface area contributed by atoms with E-state index in [1.54, 1.807) is 19.4 Å². The third-order valence-electron chi connectivity index (χ3n) is 6.42. The van der Waals surface area contributed by atoms with Gasteiger partial charge in [0.25, 0.3) is 0 Å². The van der Waals surface area contributed by atoms with E-state index in [9.17, 15) is 4.39 Å². The lowest BCUT2D eigenvalue weighted by Gasteiger charge is -2.32. The maximum atomic E-state index is 14.7. The average Bonchev–Trinajstić information content (AvgIpc) is 3.61. The molecule has 2 saturated carbocycles. The molecule has 1 aromatic carbocycles. The molecule has 7 heteroatoms. The fraction of sp³-hybridized carbons (Fsp3) is 0.560. The number of methoxy groups -OCH3 is 1. The standard InChI is InChI=1S/C25H34ClFN4O/c1-16(15-32-2)30-18-5-7-19(8-6-18)31-25-12-21(23(26)14-29-25)22-11-20(9-10-24(22)27)28-13-17-3-4-17/h9-12,14,16-19,28,30H,3-8,13,15H2,1-2H3,(H,29,31)/t16-,18?,19?/m0/s1. The van der Waals surface area contributed by atoms with E-state index in [1.165, 1.54) is 18.9 Å². The fourth-order valence-corrected chi connectivity index (χ4v) is 4.67. The highest BCUT2D eigenvalue weighted by Gasteiger charge is 2.23. The Bertz CT molecular complexity index is 900. The minimum Gasteiger partial charge on any atom is -0.385 e. The van der Waals surface area contributed by atoms with Crippen molar-refractivity contribution in [3.63, 3.8) is 0 Å². The molecule has 0 amide bonds. The summed E-state index contributed by atoms with van der Waals surface area (Å²) >= 11 is 6.43. The van der Waals surface area contributed by atoms with Crippen LogP contribution in [0.15, 0.2) is 30.5 Å². The Morgan fingerprint density at radius 3 is 2.56 bits per heavy atom. The normalized spacial score (nSPS) is 21.9. The van der Waals surface area contributed by atoms with Crippen LogP contribution in [0.1, 0.15) is 45.4 Å². The molecule has 0 radical (unpaired) electrons. The van der Waals surface area contributed by atoms with Crippen molar-refractivity contribution in [2.45, 2.75) is 63.6 Å². The number of aromatic nitrogens is 1. The minimum atomic E-state index is -0.280. The smallest absolute Gasteiger partial charge is 0.131 e. The summed E-state index contributed by atoms with van der Waals surface area (Å²) in [5.74, 6) is 1.21. The Labute approximate surface area is 195 Å². The lowest BCUT2D eigenvalue weighted by Crippen LogP contribution is -2.42. The number of benzene rings is 1. The van der Waals surface area contributed by atoms with Crippen molar-refractivity contribution in [3.05, 3.63) is 41.3 Å². The van der Waals surface area contributed by atoms with E-state index in [1.807, 2.05) is 12.1 Å². The zero-order valence-electron chi connectivity index (χ0n) is 19.0. The molecule has 2 aromatic rings. The summed E-state index contributed by atoms with van der Waals surface area (Å²) in [6, 6.07) is 8.25. The van der Waals surface area contributed by atoms with Crippen LogP contribution < -0.4 is 16.0 Å². The Morgan fingerprint density at radius 2 is 1.84 bits per heavy atom. The molecular weight excluding hydrogens is 427 g/mol. The molecule has 0 bridgehead atoms. The number of pyridine rings is 1. The fourth-order valence-electron chi connectivity index (χ4n) is 4.46. The first-order chi connectivity index (χ1) is 15.5. The summed E-state index contributed by atoms with van der Waals surface area (Å²) < 4.78 is 19.9. The zero-order valence-corrected chi connectivity index (χ0v) is 19.7. The third kappa shape index (κ3) is 6.33. The molecule has 0 spiro atoms. The molecule has 2 fully saturated rings. The van der Waals surface area contributed by atoms with Gasteiger partial charge in [0.1, 0.15) is 11.6 Å². The van der Waals surface area contributed by atoms with Crippen LogP contribution >= 0.6 is 11.6 Å². The maximum Gasteiger partial charge on any atom is 0.131 e. The van der Waals surface area contributed by atoms with Gasteiger partial charge in [0.05, 0.1) is 11.6 Å². The Hall–Kier alpha value is -1.89. The highest BCUT2D eigenvalue weighted by atomic mass is 35.5.